The second-order valence-electron chi connectivity index (χ2n) is 4.38. The van der Waals surface area contributed by atoms with Crippen molar-refractivity contribution < 1.29 is 14.3 Å². The quantitative estimate of drug-likeness (QED) is 0.608. The van der Waals surface area contributed by atoms with Gasteiger partial charge in [-0.05, 0) is 6.42 Å². The minimum Gasteiger partial charge on any atom is -0.378 e. The molecule has 1 aliphatic heterocycles. The van der Waals surface area contributed by atoms with Crippen LogP contribution in [0.4, 0.5) is 0 Å². The van der Waals surface area contributed by atoms with Crippen LogP contribution >= 0.6 is 12.4 Å². The molecule has 0 bridgehead atoms. The molecule has 19 heavy (non-hydrogen) atoms. The molecule has 0 aromatic carbocycles. The first-order valence-corrected chi connectivity index (χ1v) is 6.57. The van der Waals surface area contributed by atoms with Crippen LogP contribution in [0, 0.1) is 0 Å². The van der Waals surface area contributed by atoms with Crippen LogP contribution in [0.25, 0.3) is 0 Å². The van der Waals surface area contributed by atoms with Crippen molar-refractivity contribution >= 4 is 24.2 Å². The van der Waals surface area contributed by atoms with Crippen molar-refractivity contribution in [3.05, 3.63) is 0 Å². The number of carbonyl (C=O) groups is 2. The highest BCUT2D eigenvalue weighted by molar-refractivity contribution is 5.85. The van der Waals surface area contributed by atoms with Gasteiger partial charge in [-0.1, -0.05) is 6.92 Å². The molecule has 0 aromatic rings. The molecule has 0 aromatic heterocycles. The summed E-state index contributed by atoms with van der Waals surface area (Å²) in [5.41, 5.74) is 0. The van der Waals surface area contributed by atoms with Crippen LogP contribution in [-0.2, 0) is 14.3 Å². The van der Waals surface area contributed by atoms with Gasteiger partial charge in [0.1, 0.15) is 0 Å². The summed E-state index contributed by atoms with van der Waals surface area (Å²) in [6.07, 6.45) is 1.66. The topological polar surface area (TPSA) is 79.5 Å². The van der Waals surface area contributed by atoms with E-state index in [4.69, 9.17) is 4.74 Å². The van der Waals surface area contributed by atoms with Crippen molar-refractivity contribution in [2.45, 2.75) is 32.2 Å². The number of halogens is 1. The fourth-order valence-corrected chi connectivity index (χ4v) is 1.72. The molecule has 2 amide bonds. The van der Waals surface area contributed by atoms with E-state index in [1.165, 1.54) is 0 Å². The summed E-state index contributed by atoms with van der Waals surface area (Å²) in [7, 11) is 0. The van der Waals surface area contributed by atoms with E-state index in [-0.39, 0.29) is 30.3 Å². The molecule has 1 saturated heterocycles. The zero-order valence-electron chi connectivity index (χ0n) is 11.4. The SMILES string of the molecule is CCCNC(=O)CCNC(=O)CC1COCCN1.Cl. The van der Waals surface area contributed by atoms with Crippen LogP contribution in [0.15, 0.2) is 0 Å². The number of carbonyl (C=O) groups excluding carboxylic acids is 2. The Bertz CT molecular complexity index is 271. The van der Waals surface area contributed by atoms with Gasteiger partial charge in [0.05, 0.1) is 13.2 Å². The van der Waals surface area contributed by atoms with Gasteiger partial charge in [0, 0.05) is 38.5 Å². The number of morpholine rings is 1. The van der Waals surface area contributed by atoms with Gasteiger partial charge in [-0.3, -0.25) is 9.59 Å². The second-order valence-corrected chi connectivity index (χ2v) is 4.38. The average molecular weight is 294 g/mol. The highest BCUT2D eigenvalue weighted by Gasteiger charge is 2.16. The van der Waals surface area contributed by atoms with Gasteiger partial charge in [-0.25, -0.2) is 0 Å². The third kappa shape index (κ3) is 8.80. The molecule has 1 rings (SSSR count). The third-order valence-corrected chi connectivity index (χ3v) is 2.68. The molecule has 0 aliphatic carbocycles. The Kier molecular flexibility index (Phi) is 10.5. The highest BCUT2D eigenvalue weighted by atomic mass is 35.5. The van der Waals surface area contributed by atoms with Crippen molar-refractivity contribution in [1.82, 2.24) is 16.0 Å². The Balaban J connectivity index is 0.00000324. The summed E-state index contributed by atoms with van der Waals surface area (Å²) in [5, 5.41) is 8.72. The standard InChI is InChI=1S/C12H23N3O3.ClH/c1-2-4-14-11(16)3-5-15-12(17)8-10-9-18-7-6-13-10;/h10,13H,2-9H2,1H3,(H,14,16)(H,15,17);1H. The first kappa shape index (κ1) is 18.1. The third-order valence-electron chi connectivity index (χ3n) is 2.68. The Morgan fingerprint density at radius 2 is 2.00 bits per heavy atom. The minimum atomic E-state index is -0.0405. The molecule has 1 heterocycles. The van der Waals surface area contributed by atoms with E-state index >= 15 is 0 Å². The minimum absolute atomic E-state index is 0. The van der Waals surface area contributed by atoms with Crippen molar-refractivity contribution in [1.29, 1.82) is 0 Å². The molecule has 6 nitrogen and oxygen atoms in total. The van der Waals surface area contributed by atoms with Crippen LogP contribution in [0.3, 0.4) is 0 Å². The van der Waals surface area contributed by atoms with Crippen molar-refractivity contribution in [2.75, 3.05) is 32.8 Å². The highest BCUT2D eigenvalue weighted by Crippen LogP contribution is 1.98. The van der Waals surface area contributed by atoms with E-state index in [2.05, 4.69) is 16.0 Å². The lowest BCUT2D eigenvalue weighted by atomic mass is 10.2. The van der Waals surface area contributed by atoms with Crippen LogP contribution in [0.1, 0.15) is 26.2 Å². The summed E-state index contributed by atoms with van der Waals surface area (Å²) in [6, 6.07) is 0.0904. The predicted octanol–water partition coefficient (Wildman–Crippen LogP) is -0.181. The van der Waals surface area contributed by atoms with Crippen molar-refractivity contribution in [2.24, 2.45) is 0 Å². The first-order chi connectivity index (χ1) is 8.72. The maximum absolute atomic E-state index is 11.6. The smallest absolute Gasteiger partial charge is 0.221 e. The van der Waals surface area contributed by atoms with E-state index in [1.54, 1.807) is 0 Å². The van der Waals surface area contributed by atoms with Crippen molar-refractivity contribution in [3.8, 4) is 0 Å². The Labute approximate surface area is 120 Å². The van der Waals surface area contributed by atoms with E-state index in [9.17, 15) is 9.59 Å². The van der Waals surface area contributed by atoms with E-state index in [0.29, 0.717) is 39.1 Å². The van der Waals surface area contributed by atoms with Crippen LogP contribution in [-0.4, -0.2) is 50.7 Å². The molecule has 112 valence electrons. The zero-order valence-corrected chi connectivity index (χ0v) is 12.2. The number of hydrogen-bond donors (Lipinski definition) is 3. The van der Waals surface area contributed by atoms with Gasteiger partial charge in [0.2, 0.25) is 11.8 Å². The number of nitrogens with one attached hydrogen (secondary N) is 3. The van der Waals surface area contributed by atoms with Crippen molar-refractivity contribution in [3.63, 3.8) is 0 Å². The number of rotatable bonds is 7. The lowest BCUT2D eigenvalue weighted by Crippen LogP contribution is -2.44. The van der Waals surface area contributed by atoms with Gasteiger partial charge in [-0.15, -0.1) is 12.4 Å². The van der Waals surface area contributed by atoms with Gasteiger partial charge in [0.25, 0.3) is 0 Å². The molecule has 1 fully saturated rings. The molecule has 0 spiro atoms. The summed E-state index contributed by atoms with van der Waals surface area (Å²) >= 11 is 0. The number of ether oxygens (including phenoxy) is 1. The summed E-state index contributed by atoms with van der Waals surface area (Å²) in [6.45, 7) is 5.15. The summed E-state index contributed by atoms with van der Waals surface area (Å²) < 4.78 is 5.26. The Morgan fingerprint density at radius 3 is 2.63 bits per heavy atom. The molecule has 3 N–H and O–H groups in total. The summed E-state index contributed by atoms with van der Waals surface area (Å²) in [4.78, 5) is 22.8. The monoisotopic (exact) mass is 293 g/mol. The molecule has 7 heteroatoms. The van der Waals surface area contributed by atoms with Crippen LogP contribution in [0.2, 0.25) is 0 Å². The molecular weight excluding hydrogens is 270 g/mol. The van der Waals surface area contributed by atoms with Crippen LogP contribution in [0.5, 0.6) is 0 Å². The largest absolute Gasteiger partial charge is 0.378 e. The molecule has 0 saturated carbocycles. The van der Waals surface area contributed by atoms with Gasteiger partial charge >= 0.3 is 0 Å². The van der Waals surface area contributed by atoms with E-state index in [1.807, 2.05) is 6.92 Å². The lowest BCUT2D eigenvalue weighted by molar-refractivity contribution is -0.123. The van der Waals surface area contributed by atoms with E-state index in [0.717, 1.165) is 13.0 Å². The maximum atomic E-state index is 11.6. The molecule has 0 radical (unpaired) electrons. The van der Waals surface area contributed by atoms with Gasteiger partial charge in [-0.2, -0.15) is 0 Å². The second kappa shape index (κ2) is 11.0. The number of hydrogen-bond acceptors (Lipinski definition) is 4. The fraction of sp³-hybridized carbons (Fsp3) is 0.833. The van der Waals surface area contributed by atoms with Crippen LogP contribution < -0.4 is 16.0 Å². The van der Waals surface area contributed by atoms with E-state index < -0.39 is 0 Å². The fourth-order valence-electron chi connectivity index (χ4n) is 1.72. The van der Waals surface area contributed by atoms with Gasteiger partial charge < -0.3 is 20.7 Å². The Morgan fingerprint density at radius 1 is 1.26 bits per heavy atom. The van der Waals surface area contributed by atoms with Gasteiger partial charge in [0.15, 0.2) is 0 Å². The predicted molar refractivity (Wildman–Crippen MR) is 75.4 cm³/mol. The summed E-state index contributed by atoms with van der Waals surface area (Å²) in [5.74, 6) is -0.0578. The average Bonchev–Trinajstić information content (AvgIpc) is 2.37. The molecule has 1 unspecified atom stereocenters. The first-order valence-electron chi connectivity index (χ1n) is 6.57. The normalized spacial score (nSPS) is 18.3. The molecular formula is C12H24ClN3O3. The number of amides is 2. The zero-order chi connectivity index (χ0) is 13.2. The molecule has 1 atom stereocenters. The lowest BCUT2D eigenvalue weighted by Gasteiger charge is -2.23. The molecule has 1 aliphatic rings. The Hall–Kier alpha value is -0.850. The maximum Gasteiger partial charge on any atom is 0.221 e.